The molecule has 7 nitrogen and oxygen atoms in total. The number of anilines is 1. The first-order chi connectivity index (χ1) is 15.0. The molecule has 0 spiro atoms. The molecule has 0 saturated carbocycles. The number of ether oxygens (including phenoxy) is 1. The quantitative estimate of drug-likeness (QED) is 0.612. The van der Waals surface area contributed by atoms with Crippen molar-refractivity contribution in [3.05, 3.63) is 69.1 Å². The molecule has 0 radical (unpaired) electrons. The van der Waals surface area contributed by atoms with E-state index in [-0.39, 0.29) is 17.7 Å². The van der Waals surface area contributed by atoms with Crippen molar-refractivity contribution < 1.29 is 14.3 Å². The van der Waals surface area contributed by atoms with Gasteiger partial charge in [0.1, 0.15) is 10.8 Å². The normalized spacial score (nSPS) is 14.3. The second kappa shape index (κ2) is 9.45. The van der Waals surface area contributed by atoms with Crippen LogP contribution in [0.25, 0.3) is 0 Å². The number of rotatable bonds is 5. The number of carbonyl (C=O) groups excluding carboxylic acids is 2. The zero-order chi connectivity index (χ0) is 21.8. The number of carbonyl (C=O) groups is 2. The molecule has 1 fully saturated rings. The lowest BCUT2D eigenvalue weighted by Gasteiger charge is -2.31. The molecule has 4 rings (SSSR count). The minimum absolute atomic E-state index is 0.0138. The fraction of sp³-hybridized carbons (Fsp3) is 0.273. The first-order valence-corrected chi connectivity index (χ1v) is 11.1. The number of halogens is 1. The maximum absolute atomic E-state index is 12.7. The molecule has 2 amide bonds. The Morgan fingerprint density at radius 3 is 2.55 bits per heavy atom. The minimum Gasteiger partial charge on any atom is -0.497 e. The van der Waals surface area contributed by atoms with E-state index >= 15 is 0 Å². The largest absolute Gasteiger partial charge is 0.497 e. The number of aromatic nitrogens is 2. The lowest BCUT2D eigenvalue weighted by Crippen LogP contribution is -2.37. The summed E-state index contributed by atoms with van der Waals surface area (Å²) >= 11 is 7.25. The van der Waals surface area contributed by atoms with Crippen molar-refractivity contribution in [3.8, 4) is 5.75 Å². The van der Waals surface area contributed by atoms with Gasteiger partial charge in [-0.25, -0.2) is 0 Å². The van der Waals surface area contributed by atoms with Crippen LogP contribution in [0.4, 0.5) is 5.69 Å². The van der Waals surface area contributed by atoms with Gasteiger partial charge < -0.3 is 15.0 Å². The van der Waals surface area contributed by atoms with Crippen molar-refractivity contribution >= 4 is 40.4 Å². The summed E-state index contributed by atoms with van der Waals surface area (Å²) in [6, 6.07) is 14.1. The molecule has 1 aliphatic rings. The molecule has 2 aromatic carbocycles. The molecular formula is C22H21ClN4O3S. The molecule has 0 aliphatic carbocycles. The summed E-state index contributed by atoms with van der Waals surface area (Å²) < 4.78 is 5.14. The number of amides is 2. The summed E-state index contributed by atoms with van der Waals surface area (Å²) in [5.74, 6) is 0.616. The molecule has 160 valence electrons. The molecule has 3 aromatic rings. The van der Waals surface area contributed by atoms with Crippen molar-refractivity contribution in [3.63, 3.8) is 0 Å². The second-order valence-electron chi connectivity index (χ2n) is 7.20. The summed E-state index contributed by atoms with van der Waals surface area (Å²) in [6.45, 7) is 1.28. The SMILES string of the molecule is COc1ccc(C(=O)N2CCC(c3nnc(C(=O)Nc4cccc(Cl)c4)s3)CC2)cc1. The lowest BCUT2D eigenvalue weighted by molar-refractivity contribution is 0.0712. The number of benzene rings is 2. The molecule has 9 heteroatoms. The van der Waals surface area contributed by atoms with Crippen LogP contribution in [0, 0.1) is 0 Å². The zero-order valence-electron chi connectivity index (χ0n) is 16.9. The number of methoxy groups -OCH3 is 1. The average Bonchev–Trinajstić information content (AvgIpc) is 3.29. The van der Waals surface area contributed by atoms with Gasteiger partial charge in [-0.2, -0.15) is 0 Å². The predicted octanol–water partition coefficient (Wildman–Crippen LogP) is 4.47. The van der Waals surface area contributed by atoms with Crippen LogP contribution in [0.15, 0.2) is 48.5 Å². The Kier molecular flexibility index (Phi) is 6.48. The average molecular weight is 457 g/mol. The first-order valence-electron chi connectivity index (χ1n) is 9.87. The van der Waals surface area contributed by atoms with Crippen LogP contribution < -0.4 is 10.1 Å². The monoisotopic (exact) mass is 456 g/mol. The number of piperidine rings is 1. The summed E-state index contributed by atoms with van der Waals surface area (Å²) in [5, 5.41) is 12.8. The Hall–Kier alpha value is -2.97. The van der Waals surface area contributed by atoms with E-state index in [2.05, 4.69) is 15.5 Å². The van der Waals surface area contributed by atoms with E-state index in [1.165, 1.54) is 11.3 Å². The molecule has 0 unspecified atom stereocenters. The van der Waals surface area contributed by atoms with E-state index in [1.807, 2.05) is 4.90 Å². The first kappa shape index (κ1) is 21.3. The predicted molar refractivity (Wildman–Crippen MR) is 120 cm³/mol. The molecule has 0 atom stereocenters. The number of nitrogens with one attached hydrogen (secondary N) is 1. The van der Waals surface area contributed by atoms with Crippen molar-refractivity contribution in [1.29, 1.82) is 0 Å². The van der Waals surface area contributed by atoms with Crippen molar-refractivity contribution in [1.82, 2.24) is 15.1 Å². The zero-order valence-corrected chi connectivity index (χ0v) is 18.4. The molecule has 1 N–H and O–H groups in total. The van der Waals surface area contributed by atoms with Gasteiger partial charge in [0.25, 0.3) is 11.8 Å². The van der Waals surface area contributed by atoms with Gasteiger partial charge in [-0.3, -0.25) is 9.59 Å². The molecular weight excluding hydrogens is 436 g/mol. The van der Waals surface area contributed by atoms with Crippen LogP contribution >= 0.6 is 22.9 Å². The van der Waals surface area contributed by atoms with Gasteiger partial charge in [-0.15, -0.1) is 10.2 Å². The maximum atomic E-state index is 12.7. The summed E-state index contributed by atoms with van der Waals surface area (Å²) in [4.78, 5) is 27.0. The van der Waals surface area contributed by atoms with E-state index in [9.17, 15) is 9.59 Å². The molecule has 1 saturated heterocycles. The van der Waals surface area contributed by atoms with E-state index in [0.717, 1.165) is 23.6 Å². The Labute approximate surface area is 189 Å². The van der Waals surface area contributed by atoms with Crippen molar-refractivity contribution in [2.24, 2.45) is 0 Å². The molecule has 0 bridgehead atoms. The third-order valence-electron chi connectivity index (χ3n) is 5.19. The summed E-state index contributed by atoms with van der Waals surface area (Å²) in [5.41, 5.74) is 1.26. The highest BCUT2D eigenvalue weighted by Crippen LogP contribution is 2.31. The van der Waals surface area contributed by atoms with Crippen LogP contribution in [0.3, 0.4) is 0 Å². The van der Waals surface area contributed by atoms with Crippen LogP contribution in [-0.2, 0) is 0 Å². The number of nitrogens with zero attached hydrogens (tertiary/aromatic N) is 3. The lowest BCUT2D eigenvalue weighted by atomic mass is 9.97. The van der Waals surface area contributed by atoms with Gasteiger partial charge in [-0.1, -0.05) is 29.0 Å². The van der Waals surface area contributed by atoms with Crippen LogP contribution in [0.2, 0.25) is 5.02 Å². The van der Waals surface area contributed by atoms with Gasteiger partial charge in [-0.05, 0) is 55.3 Å². The highest BCUT2D eigenvalue weighted by Gasteiger charge is 2.27. The minimum atomic E-state index is -0.307. The van der Waals surface area contributed by atoms with Gasteiger partial charge in [0.2, 0.25) is 5.01 Å². The summed E-state index contributed by atoms with van der Waals surface area (Å²) in [7, 11) is 1.60. The van der Waals surface area contributed by atoms with Gasteiger partial charge in [0.15, 0.2) is 0 Å². The van der Waals surface area contributed by atoms with Crippen LogP contribution in [-0.4, -0.2) is 47.1 Å². The third kappa shape index (κ3) is 5.03. The van der Waals surface area contributed by atoms with Gasteiger partial charge >= 0.3 is 0 Å². The fourth-order valence-corrected chi connectivity index (χ4v) is 4.59. The van der Waals surface area contributed by atoms with Crippen molar-refractivity contribution in [2.75, 3.05) is 25.5 Å². The molecule has 1 aromatic heterocycles. The van der Waals surface area contributed by atoms with E-state index in [1.54, 1.807) is 55.6 Å². The number of likely N-dealkylation sites (tertiary alicyclic amines) is 1. The summed E-state index contributed by atoms with van der Waals surface area (Å²) in [6.07, 6.45) is 1.57. The standard InChI is InChI=1S/C22H21ClN4O3S/c1-30-18-7-5-15(6-8-18)22(29)27-11-9-14(10-12-27)20-25-26-21(31-20)19(28)24-17-4-2-3-16(23)13-17/h2-8,13-14H,9-12H2,1H3,(H,24,28). The molecule has 31 heavy (non-hydrogen) atoms. The Balaban J connectivity index is 1.34. The fourth-order valence-electron chi connectivity index (χ4n) is 3.49. The van der Waals surface area contributed by atoms with Crippen molar-refractivity contribution in [2.45, 2.75) is 18.8 Å². The number of hydrogen-bond donors (Lipinski definition) is 1. The van der Waals surface area contributed by atoms with Gasteiger partial charge in [0, 0.05) is 35.3 Å². The Bertz CT molecular complexity index is 1080. The van der Waals surface area contributed by atoms with Crippen LogP contribution in [0.5, 0.6) is 5.75 Å². The van der Waals surface area contributed by atoms with E-state index in [0.29, 0.717) is 34.4 Å². The topological polar surface area (TPSA) is 84.4 Å². The maximum Gasteiger partial charge on any atom is 0.286 e. The van der Waals surface area contributed by atoms with Gasteiger partial charge in [0.05, 0.1) is 7.11 Å². The third-order valence-corrected chi connectivity index (χ3v) is 6.51. The number of hydrogen-bond acceptors (Lipinski definition) is 6. The highest BCUT2D eigenvalue weighted by molar-refractivity contribution is 7.13. The van der Waals surface area contributed by atoms with E-state index in [4.69, 9.17) is 16.3 Å². The second-order valence-corrected chi connectivity index (χ2v) is 8.65. The molecule has 1 aliphatic heterocycles. The van der Waals surface area contributed by atoms with E-state index < -0.39 is 0 Å². The highest BCUT2D eigenvalue weighted by atomic mass is 35.5. The molecule has 2 heterocycles. The smallest absolute Gasteiger partial charge is 0.286 e. The van der Waals surface area contributed by atoms with Crippen LogP contribution in [0.1, 0.15) is 43.9 Å². The Morgan fingerprint density at radius 2 is 1.87 bits per heavy atom. The Morgan fingerprint density at radius 1 is 1.13 bits per heavy atom.